The van der Waals surface area contributed by atoms with Gasteiger partial charge in [-0.2, -0.15) is 10.2 Å². The molecular formula is C24H20I2N4O2. The van der Waals surface area contributed by atoms with Crippen LogP contribution in [0.2, 0.25) is 0 Å². The molecule has 0 aliphatic heterocycles. The van der Waals surface area contributed by atoms with Gasteiger partial charge in [0, 0.05) is 7.14 Å². The van der Waals surface area contributed by atoms with E-state index in [1.165, 1.54) is 0 Å². The first-order valence-electron chi connectivity index (χ1n) is 9.72. The number of hydrogen-bond acceptors (Lipinski definition) is 4. The van der Waals surface area contributed by atoms with Crippen molar-refractivity contribution in [1.82, 2.24) is 10.9 Å². The molecule has 162 valence electrons. The first kappa shape index (κ1) is 24.1. The molecule has 3 aromatic carbocycles. The van der Waals surface area contributed by atoms with Crippen LogP contribution in [0.3, 0.4) is 0 Å². The smallest absolute Gasteiger partial charge is 0.253 e. The van der Waals surface area contributed by atoms with Gasteiger partial charge in [-0.15, -0.1) is 0 Å². The van der Waals surface area contributed by atoms with Crippen molar-refractivity contribution in [3.05, 3.63) is 103 Å². The molecule has 3 rings (SSSR count). The van der Waals surface area contributed by atoms with Crippen molar-refractivity contribution < 1.29 is 9.59 Å². The van der Waals surface area contributed by atoms with Crippen LogP contribution < -0.4 is 10.9 Å². The van der Waals surface area contributed by atoms with E-state index in [4.69, 9.17) is 0 Å². The maximum atomic E-state index is 12.8. The highest BCUT2D eigenvalue weighted by Crippen LogP contribution is 2.10. The summed E-state index contributed by atoms with van der Waals surface area (Å²) >= 11 is 4.43. The zero-order chi connectivity index (χ0) is 22.8. The van der Waals surface area contributed by atoms with E-state index in [9.17, 15) is 9.59 Å². The van der Waals surface area contributed by atoms with Crippen molar-refractivity contribution in [2.24, 2.45) is 16.1 Å². The summed E-state index contributed by atoms with van der Waals surface area (Å²) in [5.74, 6) is -1.99. The van der Waals surface area contributed by atoms with Crippen molar-refractivity contribution in [2.45, 2.75) is 6.42 Å². The third kappa shape index (κ3) is 7.83. The Morgan fingerprint density at radius 1 is 0.719 bits per heavy atom. The van der Waals surface area contributed by atoms with Crippen LogP contribution in [0.5, 0.6) is 0 Å². The fourth-order valence-corrected chi connectivity index (χ4v) is 3.47. The van der Waals surface area contributed by atoms with Gasteiger partial charge < -0.3 is 0 Å². The van der Waals surface area contributed by atoms with Gasteiger partial charge in [-0.05, 0) is 92.6 Å². The van der Waals surface area contributed by atoms with E-state index in [-0.39, 0.29) is 6.42 Å². The van der Waals surface area contributed by atoms with E-state index in [1.54, 1.807) is 12.4 Å². The number of rotatable bonds is 8. The second kappa shape index (κ2) is 12.4. The molecule has 2 amide bonds. The second-order valence-electron chi connectivity index (χ2n) is 6.81. The highest BCUT2D eigenvalue weighted by Gasteiger charge is 2.26. The van der Waals surface area contributed by atoms with E-state index in [2.05, 4.69) is 66.2 Å². The van der Waals surface area contributed by atoms with E-state index in [0.29, 0.717) is 0 Å². The Kier molecular flexibility index (Phi) is 9.35. The molecule has 0 unspecified atom stereocenters. The average molecular weight is 650 g/mol. The Morgan fingerprint density at radius 2 is 1.16 bits per heavy atom. The summed E-state index contributed by atoms with van der Waals surface area (Å²) in [5, 5.41) is 8.01. The third-order valence-corrected chi connectivity index (χ3v) is 5.87. The Labute approximate surface area is 213 Å². The van der Waals surface area contributed by atoms with E-state index in [1.807, 2.05) is 78.9 Å². The summed E-state index contributed by atoms with van der Waals surface area (Å²) in [5.41, 5.74) is 7.51. The molecule has 6 nitrogen and oxygen atoms in total. The zero-order valence-corrected chi connectivity index (χ0v) is 21.2. The number of halogens is 2. The lowest BCUT2D eigenvalue weighted by Gasteiger charge is -2.13. The Hall–Kier alpha value is -2.60. The first-order chi connectivity index (χ1) is 15.5. The number of nitrogens with one attached hydrogen (secondary N) is 2. The number of hydrazone groups is 2. The highest BCUT2D eigenvalue weighted by molar-refractivity contribution is 14.1. The van der Waals surface area contributed by atoms with E-state index in [0.717, 1.165) is 23.8 Å². The van der Waals surface area contributed by atoms with Crippen LogP contribution in [-0.4, -0.2) is 24.2 Å². The molecule has 32 heavy (non-hydrogen) atoms. The summed E-state index contributed by atoms with van der Waals surface area (Å²) < 4.78 is 2.21. The molecule has 0 saturated carbocycles. The number of carbonyl (C=O) groups excluding carboxylic acids is 2. The molecule has 0 bridgehead atoms. The molecule has 0 fully saturated rings. The normalized spacial score (nSPS) is 11.2. The lowest BCUT2D eigenvalue weighted by molar-refractivity contribution is -0.135. The number of amides is 2. The van der Waals surface area contributed by atoms with Crippen LogP contribution in [0.15, 0.2) is 89.1 Å². The largest absolute Gasteiger partial charge is 0.272 e. The lowest BCUT2D eigenvalue weighted by atomic mass is 9.98. The summed E-state index contributed by atoms with van der Waals surface area (Å²) in [6.45, 7) is 0. The molecule has 0 heterocycles. The maximum Gasteiger partial charge on any atom is 0.253 e. The summed E-state index contributed by atoms with van der Waals surface area (Å²) in [7, 11) is 0. The minimum atomic E-state index is -0.986. The zero-order valence-electron chi connectivity index (χ0n) is 16.9. The van der Waals surface area contributed by atoms with Crippen molar-refractivity contribution >= 4 is 69.4 Å². The second-order valence-corrected chi connectivity index (χ2v) is 9.31. The van der Waals surface area contributed by atoms with Crippen molar-refractivity contribution in [2.75, 3.05) is 0 Å². The summed E-state index contributed by atoms with van der Waals surface area (Å²) in [4.78, 5) is 25.5. The molecule has 3 aromatic rings. The van der Waals surface area contributed by atoms with Gasteiger partial charge in [0.05, 0.1) is 12.4 Å². The van der Waals surface area contributed by atoms with Crippen LogP contribution in [0, 0.1) is 13.1 Å². The monoisotopic (exact) mass is 650 g/mol. The fourth-order valence-electron chi connectivity index (χ4n) is 2.75. The Morgan fingerprint density at radius 3 is 1.59 bits per heavy atom. The average Bonchev–Trinajstić information content (AvgIpc) is 2.80. The SMILES string of the molecule is O=C(N/N=C/c1ccc(I)cc1)C(Cc1ccccc1)C(=O)N/N=C/c1ccc(I)cc1. The summed E-state index contributed by atoms with van der Waals surface area (Å²) in [6, 6.07) is 24.7. The summed E-state index contributed by atoms with van der Waals surface area (Å²) in [6.07, 6.45) is 3.32. The fraction of sp³-hybridized carbons (Fsp3) is 0.0833. The molecule has 0 radical (unpaired) electrons. The third-order valence-electron chi connectivity index (χ3n) is 4.43. The maximum absolute atomic E-state index is 12.8. The van der Waals surface area contributed by atoms with E-state index >= 15 is 0 Å². The Balaban J connectivity index is 1.67. The molecule has 0 saturated heterocycles. The van der Waals surface area contributed by atoms with Gasteiger partial charge in [0.15, 0.2) is 0 Å². The van der Waals surface area contributed by atoms with Crippen LogP contribution in [0.25, 0.3) is 0 Å². The predicted octanol–water partition coefficient (Wildman–Crippen LogP) is 4.36. The van der Waals surface area contributed by atoms with Crippen LogP contribution in [-0.2, 0) is 16.0 Å². The van der Waals surface area contributed by atoms with Gasteiger partial charge in [-0.1, -0.05) is 54.6 Å². The predicted molar refractivity (Wildman–Crippen MR) is 143 cm³/mol. The topological polar surface area (TPSA) is 82.9 Å². The minimum absolute atomic E-state index is 0.233. The van der Waals surface area contributed by atoms with Crippen LogP contribution in [0.4, 0.5) is 0 Å². The molecule has 0 aromatic heterocycles. The lowest BCUT2D eigenvalue weighted by Crippen LogP contribution is -2.39. The number of nitrogens with zero attached hydrogens (tertiary/aromatic N) is 2. The molecule has 0 spiro atoms. The van der Waals surface area contributed by atoms with Crippen molar-refractivity contribution in [3.8, 4) is 0 Å². The van der Waals surface area contributed by atoms with Crippen LogP contribution >= 0.6 is 45.2 Å². The number of carbonyl (C=O) groups is 2. The van der Waals surface area contributed by atoms with Gasteiger partial charge >= 0.3 is 0 Å². The van der Waals surface area contributed by atoms with Gasteiger partial charge in [0.1, 0.15) is 5.92 Å². The van der Waals surface area contributed by atoms with Crippen molar-refractivity contribution in [3.63, 3.8) is 0 Å². The number of hydrogen-bond donors (Lipinski definition) is 2. The quantitative estimate of drug-likeness (QED) is 0.165. The minimum Gasteiger partial charge on any atom is -0.272 e. The number of benzene rings is 3. The molecule has 0 aliphatic carbocycles. The van der Waals surface area contributed by atoms with Gasteiger partial charge in [0.2, 0.25) is 0 Å². The van der Waals surface area contributed by atoms with Crippen LogP contribution in [0.1, 0.15) is 16.7 Å². The van der Waals surface area contributed by atoms with Gasteiger partial charge in [0.25, 0.3) is 11.8 Å². The molecule has 2 N–H and O–H groups in total. The molecule has 8 heteroatoms. The van der Waals surface area contributed by atoms with Gasteiger partial charge in [-0.3, -0.25) is 9.59 Å². The molecule has 0 aliphatic rings. The molecule has 0 atom stereocenters. The standard InChI is InChI=1S/C24H20I2N4O2/c25-20-10-6-18(7-11-20)15-27-29-23(31)22(14-17-4-2-1-3-5-17)24(32)30-28-16-19-8-12-21(26)13-9-19/h1-13,15-16,22H,14H2,(H,29,31)(H,30,32)/b27-15+,28-16+. The van der Waals surface area contributed by atoms with Crippen molar-refractivity contribution in [1.29, 1.82) is 0 Å². The molecular weight excluding hydrogens is 630 g/mol. The first-order valence-corrected chi connectivity index (χ1v) is 11.9. The van der Waals surface area contributed by atoms with Gasteiger partial charge in [-0.25, -0.2) is 10.9 Å². The highest BCUT2D eigenvalue weighted by atomic mass is 127. The Bertz CT molecular complexity index is 1030. The van der Waals surface area contributed by atoms with E-state index < -0.39 is 17.7 Å².